The van der Waals surface area contributed by atoms with E-state index in [4.69, 9.17) is 16.3 Å². The standard InChI is InChI=1S/C21H31ClN2O4S/c1-28-12-11-24(19-10-13-29(26,27)16-19)21(25)15-23(18-7-3-4-8-18)14-17-6-2-5-9-20(17)22/h2,5-6,9,18-19H,3-4,7-8,10-16H2,1H3. The third-order valence-electron chi connectivity index (χ3n) is 6.02. The molecule has 0 spiro atoms. The van der Waals surface area contributed by atoms with Crippen LogP contribution in [0.3, 0.4) is 0 Å². The van der Waals surface area contributed by atoms with E-state index in [0.717, 1.165) is 18.4 Å². The van der Waals surface area contributed by atoms with E-state index in [1.54, 1.807) is 12.0 Å². The number of hydrogen-bond acceptors (Lipinski definition) is 5. The number of benzene rings is 1. The predicted molar refractivity (Wildman–Crippen MR) is 115 cm³/mol. The molecular weight excluding hydrogens is 412 g/mol. The van der Waals surface area contributed by atoms with Crippen LogP contribution in [0.25, 0.3) is 0 Å². The van der Waals surface area contributed by atoms with Crippen molar-refractivity contribution >= 4 is 27.3 Å². The van der Waals surface area contributed by atoms with Crippen molar-refractivity contribution in [2.24, 2.45) is 0 Å². The van der Waals surface area contributed by atoms with Crippen LogP contribution in [0.15, 0.2) is 24.3 Å². The van der Waals surface area contributed by atoms with Gasteiger partial charge in [-0.2, -0.15) is 0 Å². The van der Waals surface area contributed by atoms with Crippen molar-refractivity contribution in [2.45, 2.75) is 50.7 Å². The Balaban J connectivity index is 1.74. The number of ether oxygens (including phenoxy) is 1. The van der Waals surface area contributed by atoms with E-state index in [9.17, 15) is 13.2 Å². The quantitative estimate of drug-likeness (QED) is 0.588. The number of carbonyl (C=O) groups excluding carboxylic acids is 1. The van der Waals surface area contributed by atoms with Crippen molar-refractivity contribution in [3.05, 3.63) is 34.9 Å². The van der Waals surface area contributed by atoms with Crippen molar-refractivity contribution in [2.75, 3.05) is 38.3 Å². The van der Waals surface area contributed by atoms with Crippen molar-refractivity contribution in [1.29, 1.82) is 0 Å². The highest BCUT2D eigenvalue weighted by atomic mass is 35.5. The summed E-state index contributed by atoms with van der Waals surface area (Å²) in [5.41, 5.74) is 1.01. The minimum Gasteiger partial charge on any atom is -0.383 e. The van der Waals surface area contributed by atoms with Gasteiger partial charge in [0.15, 0.2) is 9.84 Å². The molecule has 29 heavy (non-hydrogen) atoms. The zero-order chi connectivity index (χ0) is 20.9. The van der Waals surface area contributed by atoms with Gasteiger partial charge in [-0.05, 0) is 30.9 Å². The van der Waals surface area contributed by atoms with Crippen LogP contribution >= 0.6 is 11.6 Å². The van der Waals surface area contributed by atoms with Crippen LogP contribution in [0, 0.1) is 0 Å². The summed E-state index contributed by atoms with van der Waals surface area (Å²) in [6.45, 7) is 1.71. The van der Waals surface area contributed by atoms with Crippen LogP contribution in [-0.4, -0.2) is 74.5 Å². The maximum Gasteiger partial charge on any atom is 0.237 e. The molecule has 2 fully saturated rings. The molecule has 1 aromatic rings. The van der Waals surface area contributed by atoms with E-state index >= 15 is 0 Å². The maximum atomic E-state index is 13.3. The first-order valence-corrected chi connectivity index (χ1v) is 12.6. The molecule has 3 rings (SSSR count). The number of amides is 1. The SMILES string of the molecule is COCCN(C(=O)CN(Cc1ccccc1Cl)C1CCCC1)C1CCS(=O)(=O)C1. The molecule has 0 radical (unpaired) electrons. The normalized spacial score (nSPS) is 21.7. The molecule has 8 heteroatoms. The molecule has 1 amide bonds. The number of methoxy groups -OCH3 is 1. The highest BCUT2D eigenvalue weighted by Gasteiger charge is 2.35. The monoisotopic (exact) mass is 442 g/mol. The summed E-state index contributed by atoms with van der Waals surface area (Å²) in [6, 6.07) is 7.84. The van der Waals surface area contributed by atoms with Gasteiger partial charge in [0.25, 0.3) is 0 Å². The molecule has 1 heterocycles. The molecule has 1 saturated carbocycles. The van der Waals surface area contributed by atoms with Crippen LogP contribution in [0.4, 0.5) is 0 Å². The molecule has 1 aliphatic carbocycles. The molecule has 1 atom stereocenters. The summed E-state index contributed by atoms with van der Waals surface area (Å²) < 4.78 is 29.1. The second kappa shape index (κ2) is 10.2. The first kappa shape index (κ1) is 22.5. The predicted octanol–water partition coefficient (Wildman–Crippen LogP) is 2.75. The molecule has 1 aliphatic heterocycles. The first-order valence-electron chi connectivity index (χ1n) is 10.4. The lowest BCUT2D eigenvalue weighted by atomic mass is 10.1. The Morgan fingerprint density at radius 3 is 2.52 bits per heavy atom. The smallest absolute Gasteiger partial charge is 0.237 e. The van der Waals surface area contributed by atoms with Gasteiger partial charge < -0.3 is 9.64 Å². The van der Waals surface area contributed by atoms with Crippen molar-refractivity contribution in [3.8, 4) is 0 Å². The Kier molecular flexibility index (Phi) is 7.96. The van der Waals surface area contributed by atoms with Gasteiger partial charge in [0.05, 0.1) is 24.7 Å². The summed E-state index contributed by atoms with van der Waals surface area (Å²) in [4.78, 5) is 17.2. The maximum absolute atomic E-state index is 13.3. The van der Waals surface area contributed by atoms with Crippen LogP contribution in [-0.2, 0) is 25.9 Å². The van der Waals surface area contributed by atoms with E-state index in [1.165, 1.54) is 12.8 Å². The Morgan fingerprint density at radius 2 is 1.90 bits per heavy atom. The number of nitrogens with zero attached hydrogens (tertiary/aromatic N) is 2. The Labute approximate surface area is 179 Å². The van der Waals surface area contributed by atoms with E-state index in [0.29, 0.717) is 37.2 Å². The first-order chi connectivity index (χ1) is 13.9. The topological polar surface area (TPSA) is 66.9 Å². The molecular formula is C21H31ClN2O4S. The van der Waals surface area contributed by atoms with Crippen LogP contribution in [0.1, 0.15) is 37.7 Å². The average Bonchev–Trinajstić information content (AvgIpc) is 3.33. The van der Waals surface area contributed by atoms with E-state index in [2.05, 4.69) is 4.90 Å². The lowest BCUT2D eigenvalue weighted by Gasteiger charge is -2.33. The fourth-order valence-electron chi connectivity index (χ4n) is 4.42. The van der Waals surface area contributed by atoms with Crippen molar-refractivity contribution < 1.29 is 17.9 Å². The average molecular weight is 443 g/mol. The van der Waals surface area contributed by atoms with Crippen molar-refractivity contribution in [3.63, 3.8) is 0 Å². The van der Waals surface area contributed by atoms with Gasteiger partial charge in [0, 0.05) is 37.3 Å². The van der Waals surface area contributed by atoms with Gasteiger partial charge in [0.1, 0.15) is 0 Å². The minimum absolute atomic E-state index is 0.0249. The van der Waals surface area contributed by atoms with Gasteiger partial charge in [-0.15, -0.1) is 0 Å². The molecule has 0 aromatic heterocycles. The number of hydrogen-bond donors (Lipinski definition) is 0. The summed E-state index contributed by atoms with van der Waals surface area (Å²) in [5.74, 6) is 0.180. The van der Waals surface area contributed by atoms with Crippen LogP contribution < -0.4 is 0 Å². The van der Waals surface area contributed by atoms with E-state index in [1.807, 2.05) is 24.3 Å². The highest BCUT2D eigenvalue weighted by molar-refractivity contribution is 7.91. The summed E-state index contributed by atoms with van der Waals surface area (Å²) in [6.07, 6.45) is 5.01. The third-order valence-corrected chi connectivity index (χ3v) is 8.14. The molecule has 6 nitrogen and oxygen atoms in total. The Hall–Kier alpha value is -1.15. The van der Waals surface area contributed by atoms with Gasteiger partial charge in [0.2, 0.25) is 5.91 Å². The molecule has 2 aliphatic rings. The van der Waals surface area contributed by atoms with Gasteiger partial charge >= 0.3 is 0 Å². The van der Waals surface area contributed by atoms with Crippen LogP contribution in [0.2, 0.25) is 5.02 Å². The Morgan fingerprint density at radius 1 is 1.17 bits per heavy atom. The van der Waals surface area contributed by atoms with Gasteiger partial charge in [-0.3, -0.25) is 9.69 Å². The zero-order valence-corrected chi connectivity index (χ0v) is 18.6. The molecule has 0 N–H and O–H groups in total. The fraction of sp³-hybridized carbons (Fsp3) is 0.667. The Bertz CT molecular complexity index is 796. The van der Waals surface area contributed by atoms with E-state index < -0.39 is 9.84 Å². The zero-order valence-electron chi connectivity index (χ0n) is 17.1. The number of halogens is 1. The second-order valence-electron chi connectivity index (χ2n) is 8.07. The molecule has 0 bridgehead atoms. The van der Waals surface area contributed by atoms with Gasteiger partial charge in [-0.1, -0.05) is 42.6 Å². The summed E-state index contributed by atoms with van der Waals surface area (Å²) in [7, 11) is -1.47. The largest absolute Gasteiger partial charge is 0.383 e. The molecule has 1 saturated heterocycles. The summed E-state index contributed by atoms with van der Waals surface area (Å²) >= 11 is 6.37. The van der Waals surface area contributed by atoms with Gasteiger partial charge in [-0.25, -0.2) is 8.42 Å². The molecule has 1 aromatic carbocycles. The fourth-order valence-corrected chi connectivity index (χ4v) is 6.34. The lowest BCUT2D eigenvalue weighted by molar-refractivity contribution is -0.135. The lowest BCUT2D eigenvalue weighted by Crippen LogP contribution is -2.49. The summed E-state index contributed by atoms with van der Waals surface area (Å²) in [5, 5.41) is 0.709. The molecule has 1 unspecified atom stereocenters. The number of rotatable bonds is 9. The highest BCUT2D eigenvalue weighted by Crippen LogP contribution is 2.27. The number of sulfone groups is 1. The van der Waals surface area contributed by atoms with E-state index in [-0.39, 0.29) is 30.0 Å². The number of carbonyl (C=O) groups is 1. The third kappa shape index (κ3) is 6.17. The van der Waals surface area contributed by atoms with Crippen LogP contribution in [0.5, 0.6) is 0 Å². The minimum atomic E-state index is -3.06. The van der Waals surface area contributed by atoms with Crippen molar-refractivity contribution in [1.82, 2.24) is 9.80 Å². The second-order valence-corrected chi connectivity index (χ2v) is 10.7. The molecule has 162 valence electrons.